The highest BCUT2D eigenvalue weighted by Gasteiger charge is 2.30. The summed E-state index contributed by atoms with van der Waals surface area (Å²) in [6, 6.07) is 13.2. The number of nitrogens with one attached hydrogen (secondary N) is 1. The molecule has 1 aliphatic rings. The summed E-state index contributed by atoms with van der Waals surface area (Å²) in [5, 5.41) is 12.7. The predicted octanol–water partition coefficient (Wildman–Crippen LogP) is 3.72. The Labute approximate surface area is 190 Å². The molecule has 33 heavy (non-hydrogen) atoms. The van der Waals surface area contributed by atoms with Gasteiger partial charge in [0.2, 0.25) is 5.91 Å². The number of ether oxygens (including phenoxy) is 1. The molecule has 0 spiro atoms. The number of carbonyl (C=O) groups excluding carboxylic acids is 1. The number of hydrogen-bond donors (Lipinski definition) is 1. The maximum absolute atomic E-state index is 13.5. The third-order valence-electron chi connectivity index (χ3n) is 5.93. The molecule has 1 aliphatic carbocycles. The normalized spacial score (nSPS) is 13.3. The third-order valence-corrected chi connectivity index (χ3v) is 5.93. The van der Waals surface area contributed by atoms with E-state index in [0.717, 1.165) is 40.7 Å². The topological polar surface area (TPSA) is 91.0 Å². The number of para-hydroxylation sites is 2. The highest BCUT2D eigenvalue weighted by Crippen LogP contribution is 2.41. The molecule has 8 nitrogen and oxygen atoms in total. The lowest BCUT2D eigenvalue weighted by Gasteiger charge is -2.13. The van der Waals surface area contributed by atoms with E-state index in [9.17, 15) is 9.59 Å². The van der Waals surface area contributed by atoms with E-state index < -0.39 is 0 Å². The van der Waals surface area contributed by atoms with Crippen molar-refractivity contribution < 1.29 is 9.53 Å². The van der Waals surface area contributed by atoms with Gasteiger partial charge in [-0.15, -0.1) is 0 Å². The number of aryl methyl sites for hydroxylation is 2. The van der Waals surface area contributed by atoms with E-state index in [2.05, 4.69) is 21.6 Å². The highest BCUT2D eigenvalue weighted by molar-refractivity contribution is 5.92. The minimum atomic E-state index is -0.354. The fourth-order valence-electron chi connectivity index (χ4n) is 4.16. The first-order chi connectivity index (χ1) is 16.0. The van der Waals surface area contributed by atoms with Crippen LogP contribution in [0, 0.1) is 13.8 Å². The van der Waals surface area contributed by atoms with Crippen LogP contribution in [0.25, 0.3) is 16.6 Å². The molecule has 4 aromatic rings. The van der Waals surface area contributed by atoms with Gasteiger partial charge in [-0.3, -0.25) is 9.59 Å². The van der Waals surface area contributed by atoms with E-state index in [4.69, 9.17) is 4.74 Å². The van der Waals surface area contributed by atoms with Crippen molar-refractivity contribution in [2.24, 2.45) is 0 Å². The lowest BCUT2D eigenvalue weighted by atomic mass is 10.1. The highest BCUT2D eigenvalue weighted by atomic mass is 16.5. The lowest BCUT2D eigenvalue weighted by molar-refractivity contribution is -0.117. The molecule has 1 N–H and O–H groups in total. The first-order valence-electron chi connectivity index (χ1n) is 11.0. The molecule has 8 heteroatoms. The number of benzene rings is 2. The average Bonchev–Trinajstić information content (AvgIpc) is 3.54. The van der Waals surface area contributed by atoms with Gasteiger partial charge in [0.25, 0.3) is 5.56 Å². The van der Waals surface area contributed by atoms with E-state index in [1.54, 1.807) is 30.1 Å². The first-order valence-corrected chi connectivity index (χ1v) is 11.0. The minimum absolute atomic E-state index is 0.204. The van der Waals surface area contributed by atoms with Crippen LogP contribution < -0.4 is 15.6 Å². The number of rotatable bonds is 6. The molecule has 2 aromatic carbocycles. The quantitative estimate of drug-likeness (QED) is 0.490. The number of methoxy groups -OCH3 is 1. The van der Waals surface area contributed by atoms with Crippen molar-refractivity contribution in [3.05, 3.63) is 75.8 Å². The van der Waals surface area contributed by atoms with Crippen LogP contribution in [0.4, 0.5) is 5.69 Å². The number of aromatic nitrogens is 4. The van der Waals surface area contributed by atoms with Gasteiger partial charge in [0.05, 0.1) is 30.4 Å². The lowest BCUT2D eigenvalue weighted by Crippen LogP contribution is -2.31. The smallest absolute Gasteiger partial charge is 0.293 e. The Balaban J connectivity index is 1.57. The van der Waals surface area contributed by atoms with Crippen molar-refractivity contribution in [3.63, 3.8) is 0 Å². The summed E-state index contributed by atoms with van der Waals surface area (Å²) in [5.41, 5.74) is 4.47. The van der Waals surface area contributed by atoms with Gasteiger partial charge >= 0.3 is 0 Å². The minimum Gasteiger partial charge on any atom is -0.495 e. The van der Waals surface area contributed by atoms with Crippen molar-refractivity contribution in [3.8, 4) is 11.4 Å². The van der Waals surface area contributed by atoms with Gasteiger partial charge in [-0.2, -0.15) is 10.2 Å². The molecule has 1 saturated carbocycles. The number of fused-ring (bicyclic) bond motifs is 1. The number of amides is 1. The summed E-state index contributed by atoms with van der Waals surface area (Å²) >= 11 is 0. The fraction of sp³-hybridized carbons (Fsp3) is 0.280. The van der Waals surface area contributed by atoms with Crippen LogP contribution in [0.3, 0.4) is 0 Å². The van der Waals surface area contributed by atoms with Gasteiger partial charge in [0, 0.05) is 11.3 Å². The maximum atomic E-state index is 13.5. The van der Waals surface area contributed by atoms with Gasteiger partial charge in [-0.25, -0.2) is 9.36 Å². The molecule has 0 saturated heterocycles. The van der Waals surface area contributed by atoms with Crippen LogP contribution >= 0.6 is 0 Å². The Morgan fingerprint density at radius 1 is 1.18 bits per heavy atom. The molecular formula is C25H25N5O3. The van der Waals surface area contributed by atoms with Crippen molar-refractivity contribution in [2.75, 3.05) is 12.4 Å². The number of anilines is 1. The standard InChI is InChI=1S/C25H25N5O3/c1-15-8-11-20(16(2)12-15)30-24-18(13-26-30)23(17-9-10-17)28-29(25(24)32)14-22(31)27-19-6-4-5-7-21(19)33-3/h4-8,11-13,17H,9-10,14H2,1-3H3,(H,27,31). The summed E-state index contributed by atoms with van der Waals surface area (Å²) in [4.78, 5) is 26.3. The molecule has 0 unspecified atom stereocenters. The Morgan fingerprint density at radius 3 is 2.70 bits per heavy atom. The van der Waals surface area contributed by atoms with Crippen molar-refractivity contribution in [1.82, 2.24) is 19.6 Å². The van der Waals surface area contributed by atoms with Gasteiger partial charge in [0.1, 0.15) is 17.8 Å². The molecule has 168 valence electrons. The van der Waals surface area contributed by atoms with Crippen LogP contribution in [0.1, 0.15) is 35.6 Å². The first kappa shape index (κ1) is 20.9. The molecular weight excluding hydrogens is 418 g/mol. The molecule has 0 aliphatic heterocycles. The average molecular weight is 444 g/mol. The van der Waals surface area contributed by atoms with E-state index in [0.29, 0.717) is 17.0 Å². The molecule has 5 rings (SSSR count). The molecule has 1 fully saturated rings. The molecule has 1 amide bonds. The van der Waals surface area contributed by atoms with E-state index >= 15 is 0 Å². The van der Waals surface area contributed by atoms with Crippen LogP contribution in [-0.4, -0.2) is 32.6 Å². The van der Waals surface area contributed by atoms with Crippen molar-refractivity contribution >= 4 is 22.5 Å². The summed E-state index contributed by atoms with van der Waals surface area (Å²) in [7, 11) is 1.54. The van der Waals surface area contributed by atoms with E-state index in [-0.39, 0.29) is 23.9 Å². The Kier molecular flexibility index (Phi) is 5.20. The molecule has 0 bridgehead atoms. The second-order valence-electron chi connectivity index (χ2n) is 8.48. The van der Waals surface area contributed by atoms with Gasteiger partial charge in [-0.05, 0) is 50.5 Å². The Bertz CT molecular complexity index is 1430. The Morgan fingerprint density at radius 2 is 1.97 bits per heavy atom. The second-order valence-corrected chi connectivity index (χ2v) is 8.48. The number of hydrogen-bond acceptors (Lipinski definition) is 5. The maximum Gasteiger partial charge on any atom is 0.293 e. The third kappa shape index (κ3) is 3.88. The summed E-state index contributed by atoms with van der Waals surface area (Å²) in [5.74, 6) is 0.481. The Hall–Kier alpha value is -3.94. The van der Waals surface area contributed by atoms with Crippen molar-refractivity contribution in [2.45, 2.75) is 39.2 Å². The summed E-state index contributed by atoms with van der Waals surface area (Å²) < 4.78 is 8.23. The number of nitrogens with zero attached hydrogens (tertiary/aromatic N) is 4. The zero-order valence-corrected chi connectivity index (χ0v) is 18.8. The largest absolute Gasteiger partial charge is 0.495 e. The molecule has 0 radical (unpaired) electrons. The van der Waals surface area contributed by atoms with E-state index in [1.165, 1.54) is 4.68 Å². The van der Waals surface area contributed by atoms with Crippen LogP contribution in [-0.2, 0) is 11.3 Å². The zero-order chi connectivity index (χ0) is 23.1. The van der Waals surface area contributed by atoms with Crippen LogP contribution in [0.5, 0.6) is 5.75 Å². The van der Waals surface area contributed by atoms with Gasteiger partial charge in [0.15, 0.2) is 0 Å². The molecule has 0 atom stereocenters. The summed E-state index contributed by atoms with van der Waals surface area (Å²) in [6.07, 6.45) is 3.75. The van der Waals surface area contributed by atoms with Crippen molar-refractivity contribution in [1.29, 1.82) is 0 Å². The number of carbonyl (C=O) groups is 1. The predicted molar refractivity (Wildman–Crippen MR) is 126 cm³/mol. The zero-order valence-electron chi connectivity index (χ0n) is 18.8. The van der Waals surface area contributed by atoms with Crippen LogP contribution in [0.15, 0.2) is 53.5 Å². The second kappa shape index (κ2) is 8.20. The van der Waals surface area contributed by atoms with Gasteiger partial charge in [-0.1, -0.05) is 29.8 Å². The van der Waals surface area contributed by atoms with Crippen LogP contribution in [0.2, 0.25) is 0 Å². The SMILES string of the molecule is COc1ccccc1NC(=O)Cn1nc(C2CC2)c2cnn(-c3ccc(C)cc3C)c2c1=O. The van der Waals surface area contributed by atoms with Gasteiger partial charge < -0.3 is 10.1 Å². The fourth-order valence-corrected chi connectivity index (χ4v) is 4.16. The monoisotopic (exact) mass is 443 g/mol. The molecule has 2 aromatic heterocycles. The summed E-state index contributed by atoms with van der Waals surface area (Å²) in [6.45, 7) is 3.82. The van der Waals surface area contributed by atoms with E-state index in [1.807, 2.05) is 38.1 Å². The molecule has 2 heterocycles.